The number of alkyl halides is 2. The third-order valence-corrected chi connectivity index (χ3v) is 5.36. The molecule has 0 atom stereocenters. The summed E-state index contributed by atoms with van der Waals surface area (Å²) in [5, 5.41) is 0. The molecule has 0 amide bonds. The van der Waals surface area contributed by atoms with Gasteiger partial charge in [0.1, 0.15) is 5.75 Å². The van der Waals surface area contributed by atoms with Crippen LogP contribution in [0.3, 0.4) is 0 Å². The zero-order valence-electron chi connectivity index (χ0n) is 17.6. The fraction of sp³-hybridized carbons (Fsp3) is 0.333. The summed E-state index contributed by atoms with van der Waals surface area (Å²) < 4.78 is 30.0. The summed E-state index contributed by atoms with van der Waals surface area (Å²) in [5.74, 6) is 0.183. The van der Waals surface area contributed by atoms with Crippen molar-refractivity contribution in [1.29, 1.82) is 0 Å². The lowest BCUT2D eigenvalue weighted by atomic mass is 9.91. The highest BCUT2D eigenvalue weighted by Crippen LogP contribution is 2.35. The second-order valence-electron chi connectivity index (χ2n) is 7.67. The van der Waals surface area contributed by atoms with Crippen LogP contribution in [-0.2, 0) is 6.42 Å². The summed E-state index contributed by atoms with van der Waals surface area (Å²) in [4.78, 5) is 0. The first-order valence-electron chi connectivity index (χ1n) is 10.9. The van der Waals surface area contributed by atoms with Crippen LogP contribution in [0.1, 0.15) is 51.0 Å². The number of aryl methyl sites for hydroxylation is 1. The molecule has 0 aliphatic carbocycles. The van der Waals surface area contributed by atoms with Gasteiger partial charge < -0.3 is 4.74 Å². The summed E-state index contributed by atoms with van der Waals surface area (Å²) in [5.41, 5.74) is 5.41. The number of ether oxygens (including phenoxy) is 1. The van der Waals surface area contributed by atoms with Crippen molar-refractivity contribution >= 4 is 0 Å². The molecule has 1 nitrogen and oxygen atoms in total. The van der Waals surface area contributed by atoms with E-state index in [1.807, 2.05) is 24.3 Å². The molecule has 0 aliphatic heterocycles. The van der Waals surface area contributed by atoms with E-state index in [1.54, 1.807) is 18.2 Å². The number of hydrogen-bond donors (Lipinski definition) is 0. The Labute approximate surface area is 178 Å². The van der Waals surface area contributed by atoms with Crippen molar-refractivity contribution in [2.75, 3.05) is 0 Å². The van der Waals surface area contributed by atoms with E-state index in [-0.39, 0.29) is 5.75 Å². The normalized spacial score (nSPS) is 11.1. The molecular weight excluding hydrogens is 378 g/mol. The molecule has 0 unspecified atom stereocenters. The van der Waals surface area contributed by atoms with Crippen molar-refractivity contribution < 1.29 is 13.5 Å². The highest BCUT2D eigenvalue weighted by Gasteiger charge is 2.11. The summed E-state index contributed by atoms with van der Waals surface area (Å²) >= 11 is 0. The molecule has 0 N–H and O–H groups in total. The van der Waals surface area contributed by atoms with Gasteiger partial charge in [-0.25, -0.2) is 0 Å². The first-order valence-corrected chi connectivity index (χ1v) is 10.9. The lowest BCUT2D eigenvalue weighted by molar-refractivity contribution is -0.0498. The summed E-state index contributed by atoms with van der Waals surface area (Å²) in [6, 6.07) is 23.7. The lowest BCUT2D eigenvalue weighted by Crippen LogP contribution is -2.01. The molecule has 0 saturated carbocycles. The number of hydrogen-bond acceptors (Lipinski definition) is 1. The molecule has 0 radical (unpaired) electrons. The number of rotatable bonds is 11. The van der Waals surface area contributed by atoms with Gasteiger partial charge in [0.25, 0.3) is 0 Å². The van der Waals surface area contributed by atoms with E-state index in [9.17, 15) is 8.78 Å². The molecular formula is C27H30F2O. The van der Waals surface area contributed by atoms with Crippen LogP contribution < -0.4 is 4.74 Å². The van der Waals surface area contributed by atoms with Crippen molar-refractivity contribution in [3.8, 4) is 28.0 Å². The molecule has 0 aliphatic rings. The highest BCUT2D eigenvalue weighted by atomic mass is 19.3. The Balaban J connectivity index is 1.86. The van der Waals surface area contributed by atoms with Gasteiger partial charge in [-0.05, 0) is 52.8 Å². The Kier molecular flexibility index (Phi) is 8.43. The second kappa shape index (κ2) is 11.5. The molecule has 3 rings (SSSR count). The molecule has 0 bridgehead atoms. The van der Waals surface area contributed by atoms with Gasteiger partial charge in [0.05, 0.1) is 0 Å². The lowest BCUT2D eigenvalue weighted by Gasteiger charge is -2.14. The van der Waals surface area contributed by atoms with Crippen molar-refractivity contribution in [3.63, 3.8) is 0 Å². The van der Waals surface area contributed by atoms with Crippen molar-refractivity contribution in [3.05, 3.63) is 78.4 Å². The van der Waals surface area contributed by atoms with E-state index in [4.69, 9.17) is 0 Å². The van der Waals surface area contributed by atoms with Crippen LogP contribution in [0.2, 0.25) is 0 Å². The van der Waals surface area contributed by atoms with Gasteiger partial charge in [-0.3, -0.25) is 0 Å². The fourth-order valence-electron chi connectivity index (χ4n) is 3.80. The van der Waals surface area contributed by atoms with Gasteiger partial charge in [0, 0.05) is 0 Å². The van der Waals surface area contributed by atoms with Crippen LogP contribution >= 0.6 is 0 Å². The third kappa shape index (κ3) is 6.41. The minimum absolute atomic E-state index is 0.183. The van der Waals surface area contributed by atoms with E-state index in [0.29, 0.717) is 0 Å². The minimum atomic E-state index is -2.83. The molecule has 158 valence electrons. The first kappa shape index (κ1) is 22.0. The monoisotopic (exact) mass is 408 g/mol. The molecule has 0 spiro atoms. The number of unbranched alkanes of at least 4 members (excludes halogenated alkanes) is 5. The Hall–Kier alpha value is -2.68. The van der Waals surface area contributed by atoms with Gasteiger partial charge in [-0.15, -0.1) is 0 Å². The highest BCUT2D eigenvalue weighted by molar-refractivity contribution is 5.84. The van der Waals surface area contributed by atoms with Crippen molar-refractivity contribution in [2.45, 2.75) is 58.5 Å². The first-order chi connectivity index (χ1) is 14.7. The summed E-state index contributed by atoms with van der Waals surface area (Å²) in [6.07, 6.45) is 8.62. The molecule has 30 heavy (non-hydrogen) atoms. The van der Waals surface area contributed by atoms with Gasteiger partial charge in [-0.2, -0.15) is 8.78 Å². The Bertz CT molecular complexity index is 906. The SMILES string of the molecule is CCCCCCCCc1ccc(-c2ccccc2)c(-c2cccc(OC(F)F)c2)c1. The zero-order chi connectivity index (χ0) is 21.2. The maximum Gasteiger partial charge on any atom is 0.387 e. The Morgan fingerprint density at radius 2 is 1.43 bits per heavy atom. The van der Waals surface area contributed by atoms with Crippen LogP contribution in [0, 0.1) is 0 Å². The molecule has 3 aromatic carbocycles. The van der Waals surface area contributed by atoms with Crippen LogP contribution in [0.5, 0.6) is 5.75 Å². The standard InChI is InChI=1S/C27H30F2O/c1-2-3-4-5-6-8-12-21-17-18-25(22-13-9-7-10-14-22)26(19-21)23-15-11-16-24(20-23)30-27(28)29/h7,9-11,13-20,27H,2-6,8,12H2,1H3. The van der Waals surface area contributed by atoms with Gasteiger partial charge in [0.15, 0.2) is 0 Å². The van der Waals surface area contributed by atoms with E-state index >= 15 is 0 Å². The molecule has 0 aromatic heterocycles. The topological polar surface area (TPSA) is 9.23 Å². The van der Waals surface area contributed by atoms with Crippen LogP contribution in [0.25, 0.3) is 22.3 Å². The van der Waals surface area contributed by atoms with Crippen LogP contribution in [0.15, 0.2) is 72.8 Å². The summed E-state index contributed by atoms with van der Waals surface area (Å²) in [7, 11) is 0. The molecule has 3 heteroatoms. The summed E-state index contributed by atoms with van der Waals surface area (Å²) in [6.45, 7) is -0.593. The van der Waals surface area contributed by atoms with Crippen LogP contribution in [-0.4, -0.2) is 6.61 Å². The molecule has 3 aromatic rings. The fourth-order valence-corrected chi connectivity index (χ4v) is 3.80. The quantitative estimate of drug-likeness (QED) is 0.289. The average Bonchev–Trinajstić information content (AvgIpc) is 2.76. The Morgan fingerprint density at radius 3 is 2.20 bits per heavy atom. The van der Waals surface area contributed by atoms with E-state index in [2.05, 4.69) is 42.0 Å². The van der Waals surface area contributed by atoms with E-state index < -0.39 is 6.61 Å². The zero-order valence-corrected chi connectivity index (χ0v) is 17.6. The largest absolute Gasteiger partial charge is 0.435 e. The third-order valence-electron chi connectivity index (χ3n) is 5.36. The Morgan fingerprint density at radius 1 is 0.700 bits per heavy atom. The van der Waals surface area contributed by atoms with Crippen molar-refractivity contribution in [1.82, 2.24) is 0 Å². The molecule has 0 fully saturated rings. The van der Waals surface area contributed by atoms with Gasteiger partial charge in [-0.1, -0.05) is 99.7 Å². The predicted molar refractivity (Wildman–Crippen MR) is 121 cm³/mol. The van der Waals surface area contributed by atoms with Crippen molar-refractivity contribution in [2.24, 2.45) is 0 Å². The van der Waals surface area contributed by atoms with Gasteiger partial charge in [0.2, 0.25) is 0 Å². The minimum Gasteiger partial charge on any atom is -0.435 e. The van der Waals surface area contributed by atoms with Gasteiger partial charge >= 0.3 is 6.61 Å². The molecule has 0 heterocycles. The van der Waals surface area contributed by atoms with Crippen LogP contribution in [0.4, 0.5) is 8.78 Å². The predicted octanol–water partition coefficient (Wildman–Crippen LogP) is 8.53. The number of benzene rings is 3. The smallest absolute Gasteiger partial charge is 0.387 e. The maximum atomic E-state index is 12.7. The average molecular weight is 409 g/mol. The van der Waals surface area contributed by atoms with E-state index in [1.165, 1.54) is 44.1 Å². The maximum absolute atomic E-state index is 12.7. The molecule has 0 saturated heterocycles. The van der Waals surface area contributed by atoms with E-state index in [0.717, 1.165) is 28.7 Å². The number of halogens is 2. The second-order valence-corrected chi connectivity index (χ2v) is 7.67.